The van der Waals surface area contributed by atoms with Crippen molar-refractivity contribution < 1.29 is 5.11 Å². The predicted molar refractivity (Wildman–Crippen MR) is 86.2 cm³/mol. The fourth-order valence-electron chi connectivity index (χ4n) is 3.27. The number of aliphatic hydroxyl groups is 1. The van der Waals surface area contributed by atoms with E-state index in [1.807, 2.05) is 0 Å². The topological polar surface area (TPSA) is 32.3 Å². The third-order valence-corrected chi connectivity index (χ3v) is 4.64. The van der Waals surface area contributed by atoms with Crippen molar-refractivity contribution in [2.75, 3.05) is 18.5 Å². The van der Waals surface area contributed by atoms with Crippen molar-refractivity contribution in [1.29, 1.82) is 0 Å². The van der Waals surface area contributed by atoms with Gasteiger partial charge in [-0.15, -0.1) is 0 Å². The van der Waals surface area contributed by atoms with Crippen LogP contribution in [0.3, 0.4) is 0 Å². The third kappa shape index (κ3) is 3.54. The van der Waals surface area contributed by atoms with E-state index in [0.29, 0.717) is 6.61 Å². The lowest BCUT2D eigenvalue weighted by molar-refractivity contribution is 0.0944. The lowest BCUT2D eigenvalue weighted by Gasteiger charge is -2.36. The Bertz CT molecular complexity index is 427. The molecule has 20 heavy (non-hydrogen) atoms. The molecule has 1 aliphatic rings. The Kier molecular flexibility index (Phi) is 4.74. The number of benzene rings is 1. The van der Waals surface area contributed by atoms with Crippen molar-refractivity contribution in [3.63, 3.8) is 0 Å². The molecule has 0 heterocycles. The van der Waals surface area contributed by atoms with Gasteiger partial charge >= 0.3 is 0 Å². The van der Waals surface area contributed by atoms with Gasteiger partial charge in [-0.1, -0.05) is 58.2 Å². The first-order valence-corrected chi connectivity index (χ1v) is 7.91. The van der Waals surface area contributed by atoms with Crippen molar-refractivity contribution >= 4 is 5.69 Å². The van der Waals surface area contributed by atoms with Gasteiger partial charge < -0.3 is 10.4 Å². The van der Waals surface area contributed by atoms with Crippen molar-refractivity contribution in [2.45, 2.75) is 58.3 Å². The van der Waals surface area contributed by atoms with Crippen molar-refractivity contribution in [1.82, 2.24) is 0 Å². The highest BCUT2D eigenvalue weighted by atomic mass is 16.3. The summed E-state index contributed by atoms with van der Waals surface area (Å²) >= 11 is 0. The summed E-state index contributed by atoms with van der Waals surface area (Å²) in [5, 5.41) is 13.4. The average Bonchev–Trinajstić information content (AvgIpc) is 2.45. The maximum atomic E-state index is 9.81. The number of nitrogens with one attached hydrogen (secondary N) is 1. The molecule has 0 aromatic heterocycles. The molecule has 0 spiro atoms. The Balaban J connectivity index is 2.10. The van der Waals surface area contributed by atoms with Crippen LogP contribution in [0.4, 0.5) is 5.69 Å². The molecule has 2 heteroatoms. The van der Waals surface area contributed by atoms with Crippen LogP contribution in [0.1, 0.15) is 58.4 Å². The predicted octanol–water partition coefficient (Wildman–Crippen LogP) is 4.34. The highest BCUT2D eigenvalue weighted by Crippen LogP contribution is 2.37. The van der Waals surface area contributed by atoms with Gasteiger partial charge in [0.1, 0.15) is 0 Å². The first kappa shape index (κ1) is 15.4. The summed E-state index contributed by atoms with van der Waals surface area (Å²) in [6.45, 7) is 7.93. The second kappa shape index (κ2) is 6.17. The summed E-state index contributed by atoms with van der Waals surface area (Å²) in [6.07, 6.45) is 6.12. The molecule has 112 valence electrons. The quantitative estimate of drug-likeness (QED) is 0.856. The normalized spacial score (nSPS) is 18.8. The minimum absolute atomic E-state index is 0.0866. The Morgan fingerprint density at radius 2 is 1.75 bits per heavy atom. The highest BCUT2D eigenvalue weighted by molar-refractivity contribution is 5.54. The first-order chi connectivity index (χ1) is 9.47. The number of rotatable bonds is 4. The van der Waals surface area contributed by atoms with Gasteiger partial charge in [-0.25, -0.2) is 0 Å². The summed E-state index contributed by atoms with van der Waals surface area (Å²) in [5.74, 6) is 0. The number of para-hydroxylation sites is 1. The van der Waals surface area contributed by atoms with Gasteiger partial charge in [0.15, 0.2) is 0 Å². The van der Waals surface area contributed by atoms with E-state index in [0.717, 1.165) is 19.4 Å². The standard InChI is InChI=1S/C18H29NO/c1-17(2,3)15-9-5-6-10-16(15)19-13-18(14-20)11-7-4-8-12-18/h5-6,9-10,19-20H,4,7-8,11-14H2,1-3H3. The fourth-order valence-corrected chi connectivity index (χ4v) is 3.27. The van der Waals surface area contributed by atoms with Gasteiger partial charge in [-0.2, -0.15) is 0 Å². The Hall–Kier alpha value is -1.02. The van der Waals surface area contributed by atoms with Crippen molar-refractivity contribution in [2.24, 2.45) is 5.41 Å². The van der Waals surface area contributed by atoms with E-state index in [1.54, 1.807) is 0 Å². The van der Waals surface area contributed by atoms with Gasteiger partial charge in [-0.3, -0.25) is 0 Å². The van der Waals surface area contributed by atoms with Crippen LogP contribution in [-0.4, -0.2) is 18.3 Å². The van der Waals surface area contributed by atoms with Crippen LogP contribution in [0.2, 0.25) is 0 Å². The van der Waals surface area contributed by atoms with Crippen molar-refractivity contribution in [3.05, 3.63) is 29.8 Å². The van der Waals surface area contributed by atoms with Crippen LogP contribution in [0, 0.1) is 5.41 Å². The molecule has 1 aromatic carbocycles. The summed E-state index contributed by atoms with van der Waals surface area (Å²) in [5.41, 5.74) is 2.80. The second-order valence-corrected chi connectivity index (χ2v) is 7.37. The molecule has 1 aliphatic carbocycles. The number of hydrogen-bond acceptors (Lipinski definition) is 2. The van der Waals surface area contributed by atoms with Crippen LogP contribution in [0.25, 0.3) is 0 Å². The molecule has 0 bridgehead atoms. The smallest absolute Gasteiger partial charge is 0.0504 e. The lowest BCUT2D eigenvalue weighted by atomic mass is 9.74. The monoisotopic (exact) mass is 275 g/mol. The minimum atomic E-state index is 0.0866. The number of hydrogen-bond donors (Lipinski definition) is 2. The van der Waals surface area contributed by atoms with Gasteiger partial charge in [0, 0.05) is 17.6 Å². The average molecular weight is 275 g/mol. The number of aliphatic hydroxyl groups excluding tert-OH is 1. The molecule has 0 aliphatic heterocycles. The summed E-state index contributed by atoms with van der Waals surface area (Å²) < 4.78 is 0. The summed E-state index contributed by atoms with van der Waals surface area (Å²) in [6, 6.07) is 8.56. The maximum absolute atomic E-state index is 9.81. The van der Waals surface area contributed by atoms with Crippen LogP contribution in [0.15, 0.2) is 24.3 Å². The highest BCUT2D eigenvalue weighted by Gasteiger charge is 2.31. The molecule has 1 aromatic rings. The van der Waals surface area contributed by atoms with E-state index in [-0.39, 0.29) is 10.8 Å². The maximum Gasteiger partial charge on any atom is 0.0504 e. The van der Waals surface area contributed by atoms with Crippen LogP contribution < -0.4 is 5.32 Å². The van der Waals surface area contributed by atoms with E-state index in [1.165, 1.54) is 30.5 Å². The molecular weight excluding hydrogens is 246 g/mol. The Morgan fingerprint density at radius 3 is 2.35 bits per heavy atom. The van der Waals surface area contributed by atoms with Gasteiger partial charge in [0.25, 0.3) is 0 Å². The van der Waals surface area contributed by atoms with E-state index in [4.69, 9.17) is 0 Å². The molecule has 1 fully saturated rings. The van der Waals surface area contributed by atoms with Crippen LogP contribution in [0.5, 0.6) is 0 Å². The molecule has 0 radical (unpaired) electrons. The fraction of sp³-hybridized carbons (Fsp3) is 0.667. The molecule has 2 N–H and O–H groups in total. The minimum Gasteiger partial charge on any atom is -0.396 e. The van der Waals surface area contributed by atoms with Gasteiger partial charge in [-0.05, 0) is 29.9 Å². The summed E-state index contributed by atoms with van der Waals surface area (Å²) in [7, 11) is 0. The van der Waals surface area contributed by atoms with E-state index in [9.17, 15) is 5.11 Å². The van der Waals surface area contributed by atoms with Gasteiger partial charge in [0.05, 0.1) is 6.61 Å². The Morgan fingerprint density at radius 1 is 1.10 bits per heavy atom. The zero-order valence-electron chi connectivity index (χ0n) is 13.2. The molecule has 0 unspecified atom stereocenters. The van der Waals surface area contributed by atoms with E-state index >= 15 is 0 Å². The largest absolute Gasteiger partial charge is 0.396 e. The molecule has 2 rings (SSSR count). The summed E-state index contributed by atoms with van der Waals surface area (Å²) in [4.78, 5) is 0. The molecule has 0 amide bonds. The van der Waals surface area contributed by atoms with E-state index < -0.39 is 0 Å². The zero-order chi connectivity index (χ0) is 14.6. The first-order valence-electron chi connectivity index (χ1n) is 7.91. The SMILES string of the molecule is CC(C)(C)c1ccccc1NCC1(CO)CCCCC1. The second-order valence-electron chi connectivity index (χ2n) is 7.37. The van der Waals surface area contributed by atoms with E-state index in [2.05, 4.69) is 50.4 Å². The van der Waals surface area contributed by atoms with Crippen LogP contribution in [-0.2, 0) is 5.41 Å². The lowest BCUT2D eigenvalue weighted by Crippen LogP contribution is -2.36. The molecular formula is C18H29NO. The van der Waals surface area contributed by atoms with Crippen molar-refractivity contribution in [3.8, 4) is 0 Å². The third-order valence-electron chi connectivity index (χ3n) is 4.64. The zero-order valence-corrected chi connectivity index (χ0v) is 13.2. The van der Waals surface area contributed by atoms with Gasteiger partial charge in [0.2, 0.25) is 0 Å². The molecule has 2 nitrogen and oxygen atoms in total. The van der Waals surface area contributed by atoms with Crippen LogP contribution >= 0.6 is 0 Å². The molecule has 0 atom stereocenters. The molecule has 1 saturated carbocycles. The number of anilines is 1. The molecule has 0 saturated heterocycles. The Labute approximate surface area is 123 Å².